The van der Waals surface area contributed by atoms with Crippen LogP contribution in [0.4, 0.5) is 4.39 Å². The molecule has 0 heterocycles. The first-order valence-electron chi connectivity index (χ1n) is 4.76. The molecule has 0 aliphatic heterocycles. The first kappa shape index (κ1) is 11.5. The Labute approximate surface area is 89.2 Å². The second-order valence-electron chi connectivity index (χ2n) is 3.27. The molecule has 0 fully saturated rings. The molecule has 0 radical (unpaired) electrons. The number of rotatable bonds is 4. The Morgan fingerprint density at radius 3 is 2.93 bits per heavy atom. The van der Waals surface area contributed by atoms with Gasteiger partial charge in [0.25, 0.3) is 0 Å². The van der Waals surface area contributed by atoms with Crippen molar-refractivity contribution < 1.29 is 9.13 Å². The third-order valence-corrected chi connectivity index (χ3v) is 1.97. The SMILES string of the molecule is C#CCCOc1ccc(F)cc1C(C)N. The fourth-order valence-electron chi connectivity index (χ4n) is 1.23. The average molecular weight is 207 g/mol. The molecule has 2 nitrogen and oxygen atoms in total. The number of benzene rings is 1. The summed E-state index contributed by atoms with van der Waals surface area (Å²) in [5.74, 6) is 2.75. The van der Waals surface area contributed by atoms with Crippen LogP contribution in [0.3, 0.4) is 0 Å². The van der Waals surface area contributed by atoms with E-state index in [2.05, 4.69) is 5.92 Å². The van der Waals surface area contributed by atoms with E-state index in [1.54, 1.807) is 13.0 Å². The van der Waals surface area contributed by atoms with E-state index in [-0.39, 0.29) is 11.9 Å². The molecule has 0 amide bonds. The maximum absolute atomic E-state index is 13.0. The molecule has 1 aromatic carbocycles. The standard InChI is InChI=1S/C12H14FNO/c1-3-4-7-15-12-6-5-10(13)8-11(12)9(2)14/h1,5-6,8-9H,4,7,14H2,2H3. The zero-order chi connectivity index (χ0) is 11.3. The van der Waals surface area contributed by atoms with Crippen LogP contribution in [-0.2, 0) is 0 Å². The first-order chi connectivity index (χ1) is 7.15. The van der Waals surface area contributed by atoms with Gasteiger partial charge < -0.3 is 10.5 Å². The summed E-state index contributed by atoms with van der Waals surface area (Å²) in [5, 5.41) is 0. The van der Waals surface area contributed by atoms with Crippen molar-refractivity contribution in [3.05, 3.63) is 29.6 Å². The molecule has 0 aromatic heterocycles. The molecule has 0 aliphatic rings. The maximum Gasteiger partial charge on any atom is 0.124 e. The van der Waals surface area contributed by atoms with Gasteiger partial charge in [0, 0.05) is 18.0 Å². The Balaban J connectivity index is 2.82. The molecule has 0 saturated carbocycles. The molecule has 2 N–H and O–H groups in total. The highest BCUT2D eigenvalue weighted by Crippen LogP contribution is 2.24. The molecule has 3 heteroatoms. The zero-order valence-corrected chi connectivity index (χ0v) is 8.66. The van der Waals surface area contributed by atoms with Gasteiger partial charge in [0.05, 0.1) is 6.61 Å². The van der Waals surface area contributed by atoms with Crippen LogP contribution in [0.5, 0.6) is 5.75 Å². The van der Waals surface area contributed by atoms with Gasteiger partial charge in [-0.05, 0) is 25.1 Å². The summed E-state index contributed by atoms with van der Waals surface area (Å²) in [5.41, 5.74) is 6.36. The molecule has 0 bridgehead atoms. The van der Waals surface area contributed by atoms with E-state index in [0.29, 0.717) is 24.3 Å². The predicted octanol–water partition coefficient (Wildman–Crippen LogP) is 2.25. The number of halogens is 1. The van der Waals surface area contributed by atoms with Crippen molar-refractivity contribution in [3.63, 3.8) is 0 Å². The number of nitrogens with two attached hydrogens (primary N) is 1. The number of terminal acetylenes is 1. The molecule has 1 atom stereocenters. The third kappa shape index (κ3) is 3.26. The molecule has 0 aliphatic carbocycles. The van der Waals surface area contributed by atoms with Crippen molar-refractivity contribution >= 4 is 0 Å². The van der Waals surface area contributed by atoms with E-state index in [9.17, 15) is 4.39 Å². The van der Waals surface area contributed by atoms with Crippen LogP contribution in [0.15, 0.2) is 18.2 Å². The van der Waals surface area contributed by atoms with Gasteiger partial charge in [-0.25, -0.2) is 4.39 Å². The van der Waals surface area contributed by atoms with Crippen molar-refractivity contribution in [1.82, 2.24) is 0 Å². The number of ether oxygens (including phenoxy) is 1. The van der Waals surface area contributed by atoms with Crippen molar-refractivity contribution in [3.8, 4) is 18.1 Å². The summed E-state index contributed by atoms with van der Waals surface area (Å²) in [6, 6.07) is 4.04. The zero-order valence-electron chi connectivity index (χ0n) is 8.66. The summed E-state index contributed by atoms with van der Waals surface area (Å²) in [4.78, 5) is 0. The Hall–Kier alpha value is -1.53. The van der Waals surface area contributed by atoms with Crippen LogP contribution >= 0.6 is 0 Å². The lowest BCUT2D eigenvalue weighted by Gasteiger charge is -2.13. The summed E-state index contributed by atoms with van der Waals surface area (Å²) in [6.07, 6.45) is 5.62. The highest BCUT2D eigenvalue weighted by molar-refractivity contribution is 5.36. The average Bonchev–Trinajstić information content (AvgIpc) is 2.20. The topological polar surface area (TPSA) is 35.2 Å². The molecule has 80 valence electrons. The Morgan fingerprint density at radius 2 is 2.33 bits per heavy atom. The van der Waals surface area contributed by atoms with Gasteiger partial charge in [-0.15, -0.1) is 12.3 Å². The van der Waals surface area contributed by atoms with E-state index in [4.69, 9.17) is 16.9 Å². The molecule has 1 aromatic rings. The second-order valence-corrected chi connectivity index (χ2v) is 3.27. The minimum atomic E-state index is -0.313. The van der Waals surface area contributed by atoms with E-state index in [1.165, 1.54) is 12.1 Å². The molecular formula is C12H14FNO. The monoisotopic (exact) mass is 207 g/mol. The Bertz CT molecular complexity index is 368. The van der Waals surface area contributed by atoms with Gasteiger partial charge >= 0.3 is 0 Å². The van der Waals surface area contributed by atoms with Gasteiger partial charge in [0.15, 0.2) is 0 Å². The lowest BCUT2D eigenvalue weighted by atomic mass is 10.1. The predicted molar refractivity (Wildman–Crippen MR) is 57.9 cm³/mol. The largest absolute Gasteiger partial charge is 0.492 e. The van der Waals surface area contributed by atoms with Gasteiger partial charge in [-0.3, -0.25) is 0 Å². The molecule has 1 unspecified atom stereocenters. The summed E-state index contributed by atoms with van der Waals surface area (Å²) in [6.45, 7) is 2.20. The minimum absolute atomic E-state index is 0.262. The molecule has 15 heavy (non-hydrogen) atoms. The van der Waals surface area contributed by atoms with Crippen LogP contribution in [0, 0.1) is 18.2 Å². The number of hydrogen-bond acceptors (Lipinski definition) is 2. The molecule has 0 spiro atoms. The highest BCUT2D eigenvalue weighted by Gasteiger charge is 2.09. The van der Waals surface area contributed by atoms with Crippen molar-refractivity contribution in [1.29, 1.82) is 0 Å². The minimum Gasteiger partial charge on any atom is -0.492 e. The second kappa shape index (κ2) is 5.38. The highest BCUT2D eigenvalue weighted by atomic mass is 19.1. The van der Waals surface area contributed by atoms with Gasteiger partial charge in [-0.2, -0.15) is 0 Å². The maximum atomic E-state index is 13.0. The lowest BCUT2D eigenvalue weighted by Crippen LogP contribution is -2.09. The smallest absolute Gasteiger partial charge is 0.124 e. The fourth-order valence-corrected chi connectivity index (χ4v) is 1.23. The van der Waals surface area contributed by atoms with Gasteiger partial charge in [0.2, 0.25) is 0 Å². The van der Waals surface area contributed by atoms with E-state index < -0.39 is 0 Å². The quantitative estimate of drug-likeness (QED) is 0.607. The van der Waals surface area contributed by atoms with Crippen LogP contribution in [0.1, 0.15) is 24.9 Å². The summed E-state index contributed by atoms with van der Waals surface area (Å²) in [7, 11) is 0. The van der Waals surface area contributed by atoms with Crippen molar-refractivity contribution in [2.75, 3.05) is 6.61 Å². The Kier molecular flexibility index (Phi) is 4.14. The number of hydrogen-bond donors (Lipinski definition) is 1. The van der Waals surface area contributed by atoms with Crippen LogP contribution in [0.25, 0.3) is 0 Å². The van der Waals surface area contributed by atoms with Gasteiger partial charge in [-0.1, -0.05) is 0 Å². The molecular weight excluding hydrogens is 193 g/mol. The van der Waals surface area contributed by atoms with Crippen molar-refractivity contribution in [2.24, 2.45) is 5.73 Å². The van der Waals surface area contributed by atoms with Crippen LogP contribution < -0.4 is 10.5 Å². The van der Waals surface area contributed by atoms with E-state index >= 15 is 0 Å². The summed E-state index contributed by atoms with van der Waals surface area (Å²) >= 11 is 0. The lowest BCUT2D eigenvalue weighted by molar-refractivity contribution is 0.321. The van der Waals surface area contributed by atoms with E-state index in [0.717, 1.165) is 0 Å². The van der Waals surface area contributed by atoms with Crippen LogP contribution in [0.2, 0.25) is 0 Å². The Morgan fingerprint density at radius 1 is 1.60 bits per heavy atom. The molecule has 1 rings (SSSR count). The summed E-state index contributed by atoms with van der Waals surface area (Å²) < 4.78 is 18.4. The van der Waals surface area contributed by atoms with Gasteiger partial charge in [0.1, 0.15) is 11.6 Å². The first-order valence-corrected chi connectivity index (χ1v) is 4.76. The normalized spacial score (nSPS) is 11.9. The third-order valence-electron chi connectivity index (χ3n) is 1.97. The van der Waals surface area contributed by atoms with Crippen molar-refractivity contribution in [2.45, 2.75) is 19.4 Å². The molecule has 0 saturated heterocycles. The van der Waals surface area contributed by atoms with Crippen LogP contribution in [-0.4, -0.2) is 6.61 Å². The fraction of sp³-hybridized carbons (Fsp3) is 0.333. The van der Waals surface area contributed by atoms with E-state index in [1.807, 2.05) is 0 Å².